The summed E-state index contributed by atoms with van der Waals surface area (Å²) in [5, 5.41) is 0. The molecule has 1 unspecified atom stereocenters. The van der Waals surface area contributed by atoms with E-state index in [0.29, 0.717) is 5.92 Å². The van der Waals surface area contributed by atoms with Gasteiger partial charge in [-0.2, -0.15) is 0 Å². The van der Waals surface area contributed by atoms with Crippen molar-refractivity contribution in [1.29, 1.82) is 0 Å². The molecule has 2 rings (SSSR count). The molecule has 0 radical (unpaired) electrons. The smallest absolute Gasteiger partial charge is 0.0241 e. The standard InChI is InChI=1S/C19H28/c1-4-5-6-7-18-14-19(13-10-16(18)3)17-11-8-15(2)9-12-17/h15-19H,8-14H2,1-3H3/t15?,16-,17?,18?,19-/m1/s1. The number of hydrogen-bond donors (Lipinski definition) is 0. The predicted molar refractivity (Wildman–Crippen MR) is 82.3 cm³/mol. The van der Waals surface area contributed by atoms with Crippen molar-refractivity contribution in [3.63, 3.8) is 0 Å². The molecule has 0 aromatic rings. The Bertz CT molecular complexity index is 389. The maximum absolute atomic E-state index is 3.43. The first-order valence-electron chi connectivity index (χ1n) is 8.13. The van der Waals surface area contributed by atoms with Crippen molar-refractivity contribution in [2.45, 2.75) is 65.7 Å². The van der Waals surface area contributed by atoms with Gasteiger partial charge in [-0.25, -0.2) is 0 Å². The topological polar surface area (TPSA) is 0 Å². The van der Waals surface area contributed by atoms with Gasteiger partial charge in [0, 0.05) is 5.92 Å². The van der Waals surface area contributed by atoms with E-state index in [-0.39, 0.29) is 0 Å². The van der Waals surface area contributed by atoms with E-state index in [1.165, 1.54) is 44.9 Å². The summed E-state index contributed by atoms with van der Waals surface area (Å²) in [6, 6.07) is 0. The molecule has 2 aliphatic rings. The van der Waals surface area contributed by atoms with Crippen LogP contribution in [-0.4, -0.2) is 0 Å². The van der Waals surface area contributed by atoms with Crippen LogP contribution < -0.4 is 0 Å². The van der Waals surface area contributed by atoms with Crippen molar-refractivity contribution >= 4 is 0 Å². The minimum Gasteiger partial charge on any atom is -0.0925 e. The molecule has 0 aromatic heterocycles. The quantitative estimate of drug-likeness (QED) is 0.586. The van der Waals surface area contributed by atoms with Crippen LogP contribution in [-0.2, 0) is 0 Å². The van der Waals surface area contributed by atoms with E-state index in [1.807, 2.05) is 6.92 Å². The van der Waals surface area contributed by atoms with Gasteiger partial charge in [-0.15, -0.1) is 0 Å². The van der Waals surface area contributed by atoms with Crippen LogP contribution in [0.2, 0.25) is 0 Å². The molecule has 104 valence electrons. The number of rotatable bonds is 1. The van der Waals surface area contributed by atoms with E-state index in [2.05, 4.69) is 37.5 Å². The highest BCUT2D eigenvalue weighted by molar-refractivity contribution is 5.26. The average molecular weight is 256 g/mol. The Morgan fingerprint density at radius 1 is 0.789 bits per heavy atom. The third-order valence-electron chi connectivity index (χ3n) is 5.41. The van der Waals surface area contributed by atoms with Crippen molar-refractivity contribution in [2.24, 2.45) is 29.6 Å². The summed E-state index contributed by atoms with van der Waals surface area (Å²) in [6.07, 6.45) is 9.99. The van der Waals surface area contributed by atoms with E-state index in [0.717, 1.165) is 23.7 Å². The van der Waals surface area contributed by atoms with Crippen LogP contribution in [0.25, 0.3) is 0 Å². The Kier molecular flexibility index (Phi) is 5.39. The molecular formula is C19H28. The van der Waals surface area contributed by atoms with Gasteiger partial charge in [0.25, 0.3) is 0 Å². The summed E-state index contributed by atoms with van der Waals surface area (Å²) in [6.45, 7) is 6.65. The molecule has 2 saturated carbocycles. The lowest BCUT2D eigenvalue weighted by molar-refractivity contribution is 0.133. The molecule has 0 amide bonds. The fourth-order valence-corrected chi connectivity index (χ4v) is 3.93. The molecule has 0 aliphatic heterocycles. The van der Waals surface area contributed by atoms with Crippen molar-refractivity contribution < 1.29 is 0 Å². The van der Waals surface area contributed by atoms with Crippen LogP contribution in [0.15, 0.2) is 0 Å². The SMILES string of the molecule is CC#CC#CC1C[C@H](C2CCC(C)CC2)CC[C@H]1C. The Morgan fingerprint density at radius 2 is 1.47 bits per heavy atom. The van der Waals surface area contributed by atoms with Crippen molar-refractivity contribution in [3.8, 4) is 23.7 Å². The highest BCUT2D eigenvalue weighted by Gasteiger charge is 2.32. The summed E-state index contributed by atoms with van der Waals surface area (Å²) in [5.41, 5.74) is 0. The molecule has 0 N–H and O–H groups in total. The molecule has 0 aromatic carbocycles. The van der Waals surface area contributed by atoms with E-state index < -0.39 is 0 Å². The molecule has 2 aliphatic carbocycles. The van der Waals surface area contributed by atoms with Crippen LogP contribution >= 0.6 is 0 Å². The van der Waals surface area contributed by atoms with Gasteiger partial charge in [-0.1, -0.05) is 38.5 Å². The van der Waals surface area contributed by atoms with Gasteiger partial charge in [0.2, 0.25) is 0 Å². The first kappa shape index (κ1) is 14.5. The largest absolute Gasteiger partial charge is 0.0925 e. The second-order valence-electron chi connectivity index (χ2n) is 6.82. The highest BCUT2D eigenvalue weighted by Crippen LogP contribution is 2.43. The van der Waals surface area contributed by atoms with Gasteiger partial charge >= 0.3 is 0 Å². The van der Waals surface area contributed by atoms with Gasteiger partial charge in [0.05, 0.1) is 0 Å². The van der Waals surface area contributed by atoms with E-state index in [4.69, 9.17) is 0 Å². The van der Waals surface area contributed by atoms with Crippen LogP contribution in [0.4, 0.5) is 0 Å². The molecule has 0 heteroatoms. The van der Waals surface area contributed by atoms with Gasteiger partial charge in [0.1, 0.15) is 0 Å². The molecule has 0 heterocycles. The van der Waals surface area contributed by atoms with Crippen LogP contribution in [0.3, 0.4) is 0 Å². The average Bonchev–Trinajstić information content (AvgIpc) is 2.42. The lowest BCUT2D eigenvalue weighted by Crippen LogP contribution is -2.29. The first-order chi connectivity index (χ1) is 9.20. The van der Waals surface area contributed by atoms with Gasteiger partial charge in [-0.3, -0.25) is 0 Å². The zero-order chi connectivity index (χ0) is 13.7. The Balaban J connectivity index is 1.93. The molecule has 2 fully saturated rings. The summed E-state index contributed by atoms with van der Waals surface area (Å²) in [4.78, 5) is 0. The molecule has 0 saturated heterocycles. The second kappa shape index (κ2) is 7.05. The Labute approximate surface area is 119 Å². The zero-order valence-electron chi connectivity index (χ0n) is 12.8. The van der Waals surface area contributed by atoms with Crippen molar-refractivity contribution in [1.82, 2.24) is 0 Å². The molecular weight excluding hydrogens is 228 g/mol. The maximum atomic E-state index is 3.43. The van der Waals surface area contributed by atoms with E-state index in [1.54, 1.807) is 0 Å². The molecule has 0 nitrogen and oxygen atoms in total. The predicted octanol–water partition coefficient (Wildman–Crippen LogP) is 4.89. The van der Waals surface area contributed by atoms with Crippen LogP contribution in [0.5, 0.6) is 0 Å². The number of hydrogen-bond acceptors (Lipinski definition) is 0. The first-order valence-corrected chi connectivity index (χ1v) is 8.13. The summed E-state index contributed by atoms with van der Waals surface area (Å²) < 4.78 is 0. The fourth-order valence-electron chi connectivity index (χ4n) is 3.93. The second-order valence-corrected chi connectivity index (χ2v) is 6.82. The van der Waals surface area contributed by atoms with Gasteiger partial charge in [-0.05, 0) is 74.5 Å². The van der Waals surface area contributed by atoms with Crippen molar-refractivity contribution in [2.75, 3.05) is 0 Å². The lowest BCUT2D eigenvalue weighted by atomic mass is 9.66. The Morgan fingerprint density at radius 3 is 2.16 bits per heavy atom. The van der Waals surface area contributed by atoms with Gasteiger partial charge in [0.15, 0.2) is 0 Å². The lowest BCUT2D eigenvalue weighted by Gasteiger charge is -2.39. The van der Waals surface area contributed by atoms with E-state index >= 15 is 0 Å². The van der Waals surface area contributed by atoms with Crippen LogP contribution in [0, 0.1) is 53.3 Å². The minimum absolute atomic E-state index is 0.596. The molecule has 0 bridgehead atoms. The van der Waals surface area contributed by atoms with Gasteiger partial charge < -0.3 is 0 Å². The monoisotopic (exact) mass is 256 g/mol. The molecule has 19 heavy (non-hydrogen) atoms. The van der Waals surface area contributed by atoms with Crippen molar-refractivity contribution in [3.05, 3.63) is 0 Å². The minimum atomic E-state index is 0.596. The fraction of sp³-hybridized carbons (Fsp3) is 0.789. The zero-order valence-corrected chi connectivity index (χ0v) is 12.8. The third kappa shape index (κ3) is 4.04. The molecule has 0 spiro atoms. The maximum Gasteiger partial charge on any atom is 0.0241 e. The Hall–Kier alpha value is -0.880. The van der Waals surface area contributed by atoms with E-state index in [9.17, 15) is 0 Å². The van der Waals surface area contributed by atoms with Crippen LogP contribution in [0.1, 0.15) is 65.7 Å². The summed E-state index contributed by atoms with van der Waals surface area (Å²) in [7, 11) is 0. The molecule has 3 atom stereocenters. The summed E-state index contributed by atoms with van der Waals surface area (Å²) in [5.74, 6) is 16.5. The highest BCUT2D eigenvalue weighted by atomic mass is 14.4. The third-order valence-corrected chi connectivity index (χ3v) is 5.41. The normalized spacial score (nSPS) is 38.6. The summed E-state index contributed by atoms with van der Waals surface area (Å²) >= 11 is 0.